The van der Waals surface area contributed by atoms with E-state index in [9.17, 15) is 4.79 Å². The highest BCUT2D eigenvalue weighted by Crippen LogP contribution is 2.34. The lowest BCUT2D eigenvalue weighted by molar-refractivity contribution is -0.132. The number of amides is 1. The van der Waals surface area contributed by atoms with Crippen LogP contribution in [0, 0.1) is 0 Å². The molecule has 3 aromatic carbocycles. The van der Waals surface area contributed by atoms with Crippen molar-refractivity contribution < 1.29 is 9.53 Å². The van der Waals surface area contributed by atoms with E-state index in [2.05, 4.69) is 30.9 Å². The van der Waals surface area contributed by atoms with Gasteiger partial charge in [-0.05, 0) is 25.0 Å². The van der Waals surface area contributed by atoms with Crippen LogP contribution in [0.15, 0.2) is 91.0 Å². The number of carbonyl (C=O) groups is 1. The van der Waals surface area contributed by atoms with E-state index < -0.39 is 0 Å². The number of ether oxygens (including phenoxy) is 1. The molecule has 2 unspecified atom stereocenters. The lowest BCUT2D eigenvalue weighted by Gasteiger charge is -2.39. The summed E-state index contributed by atoms with van der Waals surface area (Å²) in [5, 5.41) is 0. The van der Waals surface area contributed by atoms with Crippen LogP contribution in [0.5, 0.6) is 0 Å². The highest BCUT2D eigenvalue weighted by Gasteiger charge is 2.34. The Bertz CT molecular complexity index is 1380. The van der Waals surface area contributed by atoms with E-state index >= 15 is 0 Å². The molecule has 3 heterocycles. The summed E-state index contributed by atoms with van der Waals surface area (Å²) in [4.78, 5) is 28.7. The van der Waals surface area contributed by atoms with Gasteiger partial charge in [-0.3, -0.25) is 4.79 Å². The van der Waals surface area contributed by atoms with E-state index in [0.717, 1.165) is 52.7 Å². The van der Waals surface area contributed by atoms with Gasteiger partial charge in [-0.2, -0.15) is 0 Å². The van der Waals surface area contributed by atoms with Crippen LogP contribution in [-0.4, -0.2) is 52.6 Å². The molecule has 1 amide bonds. The largest absolute Gasteiger partial charge is 0.372 e. The number of carbonyl (C=O) groups excluding carboxylic acids is 1. The van der Waals surface area contributed by atoms with Crippen LogP contribution in [0.4, 0.5) is 5.82 Å². The summed E-state index contributed by atoms with van der Waals surface area (Å²) in [5.41, 5.74) is 5.10. The molecule has 39 heavy (non-hydrogen) atoms. The molecule has 1 saturated heterocycles. The first kappa shape index (κ1) is 25.3. The summed E-state index contributed by atoms with van der Waals surface area (Å²) >= 11 is 0. The van der Waals surface area contributed by atoms with Crippen molar-refractivity contribution in [2.75, 3.05) is 24.5 Å². The van der Waals surface area contributed by atoms with Gasteiger partial charge in [-0.1, -0.05) is 91.0 Å². The number of hydrogen-bond acceptors (Lipinski definition) is 5. The van der Waals surface area contributed by atoms with Crippen molar-refractivity contribution in [2.45, 2.75) is 44.9 Å². The average molecular weight is 519 g/mol. The number of nitrogens with zero attached hydrogens (tertiary/aromatic N) is 4. The molecule has 2 aliphatic heterocycles. The van der Waals surface area contributed by atoms with E-state index in [1.165, 1.54) is 0 Å². The predicted octanol–water partition coefficient (Wildman–Crippen LogP) is 5.47. The second-order valence-corrected chi connectivity index (χ2v) is 10.6. The molecule has 4 aromatic rings. The van der Waals surface area contributed by atoms with Crippen molar-refractivity contribution in [1.29, 1.82) is 0 Å². The van der Waals surface area contributed by atoms with Crippen molar-refractivity contribution in [3.8, 4) is 11.4 Å². The minimum absolute atomic E-state index is 0.0985. The molecular formula is C33H34N4O2. The monoisotopic (exact) mass is 518 g/mol. The molecule has 2 aliphatic rings. The summed E-state index contributed by atoms with van der Waals surface area (Å²) in [7, 11) is 0. The number of benzene rings is 3. The van der Waals surface area contributed by atoms with E-state index in [4.69, 9.17) is 14.7 Å². The summed E-state index contributed by atoms with van der Waals surface area (Å²) in [6.07, 6.45) is 0.894. The molecule has 1 fully saturated rings. The van der Waals surface area contributed by atoms with Crippen molar-refractivity contribution in [2.24, 2.45) is 0 Å². The van der Waals surface area contributed by atoms with Crippen LogP contribution >= 0.6 is 0 Å². The fraction of sp³-hybridized carbons (Fsp3) is 0.303. The fourth-order valence-electron chi connectivity index (χ4n) is 5.86. The first-order chi connectivity index (χ1) is 19.1. The van der Waals surface area contributed by atoms with Crippen molar-refractivity contribution in [3.63, 3.8) is 0 Å². The van der Waals surface area contributed by atoms with Gasteiger partial charge in [0.05, 0.1) is 30.4 Å². The Hall–Kier alpha value is -4.03. The van der Waals surface area contributed by atoms with Gasteiger partial charge in [0, 0.05) is 37.2 Å². The third-order valence-corrected chi connectivity index (χ3v) is 7.61. The molecule has 1 aromatic heterocycles. The fourth-order valence-corrected chi connectivity index (χ4v) is 5.86. The highest BCUT2D eigenvalue weighted by atomic mass is 16.5. The summed E-state index contributed by atoms with van der Waals surface area (Å²) in [5.74, 6) is 1.42. The second kappa shape index (κ2) is 11.0. The zero-order valence-electron chi connectivity index (χ0n) is 22.5. The number of rotatable bonds is 5. The quantitative estimate of drug-likeness (QED) is 0.351. The van der Waals surface area contributed by atoms with Crippen LogP contribution in [0.2, 0.25) is 0 Å². The first-order valence-electron chi connectivity index (χ1n) is 13.8. The third kappa shape index (κ3) is 5.30. The molecule has 0 saturated carbocycles. The van der Waals surface area contributed by atoms with Gasteiger partial charge in [0.25, 0.3) is 0 Å². The van der Waals surface area contributed by atoms with Crippen molar-refractivity contribution >= 4 is 11.7 Å². The Morgan fingerprint density at radius 1 is 0.821 bits per heavy atom. The van der Waals surface area contributed by atoms with Crippen molar-refractivity contribution in [1.82, 2.24) is 14.9 Å². The van der Waals surface area contributed by atoms with Crippen LogP contribution in [0.25, 0.3) is 11.4 Å². The normalized spacial score (nSPS) is 19.2. The molecule has 0 N–H and O–H groups in total. The van der Waals surface area contributed by atoms with Crippen molar-refractivity contribution in [3.05, 3.63) is 113 Å². The molecule has 198 valence electrons. The van der Waals surface area contributed by atoms with Gasteiger partial charge in [0.2, 0.25) is 5.91 Å². The summed E-state index contributed by atoms with van der Waals surface area (Å²) < 4.78 is 6.04. The van der Waals surface area contributed by atoms with Gasteiger partial charge in [0.15, 0.2) is 5.82 Å². The van der Waals surface area contributed by atoms with Crippen LogP contribution < -0.4 is 4.90 Å². The Labute approximate surface area is 230 Å². The topological polar surface area (TPSA) is 58.6 Å². The lowest BCUT2D eigenvalue weighted by atomic mass is 9.89. The third-order valence-electron chi connectivity index (χ3n) is 7.61. The molecule has 0 bridgehead atoms. The van der Waals surface area contributed by atoms with Crippen LogP contribution in [0.3, 0.4) is 0 Å². The molecule has 0 radical (unpaired) electrons. The Balaban J connectivity index is 1.39. The summed E-state index contributed by atoms with van der Waals surface area (Å²) in [6.45, 7) is 6.85. The van der Waals surface area contributed by atoms with Gasteiger partial charge in [0.1, 0.15) is 5.82 Å². The van der Waals surface area contributed by atoms with Gasteiger partial charge in [-0.15, -0.1) is 0 Å². The molecule has 0 spiro atoms. The Morgan fingerprint density at radius 3 is 1.97 bits per heavy atom. The lowest BCUT2D eigenvalue weighted by Crippen LogP contribution is -2.47. The first-order valence-corrected chi connectivity index (χ1v) is 13.8. The van der Waals surface area contributed by atoms with E-state index in [-0.39, 0.29) is 24.0 Å². The summed E-state index contributed by atoms with van der Waals surface area (Å²) in [6, 6.07) is 30.3. The van der Waals surface area contributed by atoms with E-state index in [0.29, 0.717) is 19.5 Å². The maximum Gasteiger partial charge on any atom is 0.234 e. The predicted molar refractivity (Wildman–Crippen MR) is 154 cm³/mol. The molecule has 6 heteroatoms. The number of morpholine rings is 1. The van der Waals surface area contributed by atoms with Crippen LogP contribution in [-0.2, 0) is 22.5 Å². The molecule has 6 rings (SSSR count). The standard InChI is InChI=1S/C33H34N4O2/c1-23-20-37(21-24(2)39-23)32-28-22-36(19-18-29(28)34-31(35-32)27-16-10-5-11-17-27)33(38)30(25-12-6-3-7-13-25)26-14-8-4-9-15-26/h3-17,23-24,30H,18-22H2,1-2H3. The Kier molecular flexibility index (Phi) is 7.12. The molecule has 6 nitrogen and oxygen atoms in total. The minimum Gasteiger partial charge on any atom is -0.372 e. The second-order valence-electron chi connectivity index (χ2n) is 10.6. The van der Waals surface area contributed by atoms with Crippen LogP contribution in [0.1, 0.15) is 42.1 Å². The maximum atomic E-state index is 14.2. The minimum atomic E-state index is -0.356. The number of fused-ring (bicyclic) bond motifs is 1. The van der Waals surface area contributed by atoms with E-state index in [1.807, 2.05) is 83.8 Å². The van der Waals surface area contributed by atoms with Gasteiger partial charge in [-0.25, -0.2) is 9.97 Å². The highest BCUT2D eigenvalue weighted by molar-refractivity contribution is 5.87. The zero-order chi connectivity index (χ0) is 26.8. The molecule has 2 atom stereocenters. The maximum absolute atomic E-state index is 14.2. The number of aromatic nitrogens is 2. The zero-order valence-corrected chi connectivity index (χ0v) is 22.5. The Morgan fingerprint density at radius 2 is 1.38 bits per heavy atom. The number of anilines is 1. The van der Waals surface area contributed by atoms with E-state index in [1.54, 1.807) is 0 Å². The number of hydrogen-bond donors (Lipinski definition) is 0. The molecular weight excluding hydrogens is 484 g/mol. The smallest absolute Gasteiger partial charge is 0.234 e. The average Bonchev–Trinajstić information content (AvgIpc) is 2.97. The van der Waals surface area contributed by atoms with Gasteiger partial charge >= 0.3 is 0 Å². The molecule has 0 aliphatic carbocycles. The van der Waals surface area contributed by atoms with Gasteiger partial charge < -0.3 is 14.5 Å². The SMILES string of the molecule is CC1CN(c2nc(-c3ccccc3)nc3c2CN(C(=O)C(c2ccccc2)c2ccccc2)CC3)CC(C)O1.